The second kappa shape index (κ2) is 14.7. The molecule has 7 rings (SSSR count). The Balaban J connectivity index is 0.000000233. The number of benzene rings is 4. The predicted molar refractivity (Wildman–Crippen MR) is 201 cm³/mol. The Kier molecular flexibility index (Phi) is 10.5. The molecular formula is C43H42GeIrN2O-2. The van der Waals surface area contributed by atoms with Crippen LogP contribution in [0.15, 0.2) is 108 Å². The molecule has 3 nitrogen and oxygen atoms in total. The van der Waals surface area contributed by atoms with Crippen molar-refractivity contribution >= 4 is 39.6 Å². The first-order valence-electron chi connectivity index (χ1n) is 16.7. The first kappa shape index (κ1) is 34.1. The van der Waals surface area contributed by atoms with Gasteiger partial charge in [0.2, 0.25) is 0 Å². The third-order valence-corrected chi connectivity index (χ3v) is 12.9. The molecule has 0 saturated heterocycles. The molecule has 0 bridgehead atoms. The van der Waals surface area contributed by atoms with Crippen LogP contribution in [-0.2, 0) is 20.1 Å². The first-order valence-corrected chi connectivity index (χ1v) is 23.5. The Morgan fingerprint density at radius 3 is 2.19 bits per heavy atom. The van der Waals surface area contributed by atoms with Crippen molar-refractivity contribution < 1.29 is 25.9 Å². The van der Waals surface area contributed by atoms with E-state index in [1.54, 1.807) is 6.20 Å². The van der Waals surface area contributed by atoms with Crippen LogP contribution < -0.4 is 4.40 Å². The molecule has 4 aromatic carbocycles. The predicted octanol–water partition coefficient (Wildman–Crippen LogP) is 11.3. The number of aromatic nitrogens is 2. The molecule has 0 amide bonds. The summed E-state index contributed by atoms with van der Waals surface area (Å²) in [6, 6.07) is 37.6. The normalized spacial score (nSPS) is 11.9. The zero-order valence-electron chi connectivity index (χ0n) is 30.0. The average molecular weight is 869 g/mol. The van der Waals surface area contributed by atoms with Gasteiger partial charge in [-0.05, 0) is 49.9 Å². The minimum atomic E-state index is -1.72. The van der Waals surface area contributed by atoms with Gasteiger partial charge in [-0.2, -0.15) is 0 Å². The third-order valence-electron chi connectivity index (χ3n) is 8.61. The van der Waals surface area contributed by atoms with Crippen LogP contribution in [0.2, 0.25) is 17.3 Å². The first-order chi connectivity index (χ1) is 22.8. The van der Waals surface area contributed by atoms with Gasteiger partial charge in [0.15, 0.2) is 0 Å². The van der Waals surface area contributed by atoms with E-state index in [0.29, 0.717) is 0 Å². The molecule has 0 saturated carbocycles. The number of hydrogen-bond donors (Lipinski definition) is 0. The molecule has 48 heavy (non-hydrogen) atoms. The molecule has 0 atom stereocenters. The van der Waals surface area contributed by atoms with E-state index in [-0.39, 0.29) is 20.1 Å². The van der Waals surface area contributed by atoms with E-state index in [1.165, 1.54) is 26.6 Å². The third kappa shape index (κ3) is 7.42. The fraction of sp³-hybridized carbons (Fsp3) is 0.209. The fourth-order valence-electron chi connectivity index (χ4n) is 6.19. The Morgan fingerprint density at radius 1 is 0.812 bits per heavy atom. The zero-order valence-corrected chi connectivity index (χ0v) is 33.4. The summed E-state index contributed by atoms with van der Waals surface area (Å²) in [6.45, 7) is 10.2. The van der Waals surface area contributed by atoms with Gasteiger partial charge < -0.3 is 9.40 Å². The van der Waals surface area contributed by atoms with E-state index < -0.39 is 19.2 Å². The maximum Gasteiger partial charge on any atom is 0 e. The summed E-state index contributed by atoms with van der Waals surface area (Å²) in [7, 11) is 0. The van der Waals surface area contributed by atoms with Gasteiger partial charge in [0, 0.05) is 33.1 Å². The molecule has 7 aromatic rings. The number of fused-ring (bicyclic) bond motifs is 3. The molecule has 5 heteroatoms. The van der Waals surface area contributed by atoms with Gasteiger partial charge in [-0.3, -0.25) is 0 Å². The number of rotatable bonds is 5. The van der Waals surface area contributed by atoms with Gasteiger partial charge in [-0.1, -0.05) is 89.2 Å². The number of aryl methyl sites for hydroxylation is 3. The van der Waals surface area contributed by atoms with Gasteiger partial charge in [0.1, 0.15) is 5.58 Å². The van der Waals surface area contributed by atoms with Crippen LogP contribution in [0.1, 0.15) is 43.4 Å². The average Bonchev–Trinajstić information content (AvgIpc) is 3.44. The van der Waals surface area contributed by atoms with Crippen molar-refractivity contribution in [3.8, 4) is 33.6 Å². The summed E-state index contributed by atoms with van der Waals surface area (Å²) in [5.41, 5.74) is 12.3. The van der Waals surface area contributed by atoms with Gasteiger partial charge in [0.25, 0.3) is 0 Å². The molecule has 3 aromatic heterocycles. The topological polar surface area (TPSA) is 38.9 Å². The van der Waals surface area contributed by atoms with Crippen molar-refractivity contribution in [3.05, 3.63) is 138 Å². The van der Waals surface area contributed by atoms with Crippen LogP contribution in [-0.4, -0.2) is 23.2 Å². The minimum absolute atomic E-state index is 0. The zero-order chi connectivity index (χ0) is 34.2. The van der Waals surface area contributed by atoms with Crippen LogP contribution in [0.5, 0.6) is 0 Å². The number of para-hydroxylation sites is 1. The van der Waals surface area contributed by atoms with Gasteiger partial charge in [-0.25, -0.2) is 0 Å². The monoisotopic (exact) mass is 870 g/mol. The van der Waals surface area contributed by atoms with E-state index in [0.717, 1.165) is 55.6 Å². The van der Waals surface area contributed by atoms with Crippen LogP contribution in [0, 0.1) is 32.9 Å². The maximum atomic E-state index is 8.43. The molecule has 1 radical (unpaired) electrons. The molecule has 245 valence electrons. The summed E-state index contributed by atoms with van der Waals surface area (Å²) in [5, 5.41) is 2.17. The quantitative estimate of drug-likeness (QED) is 0.128. The smallest absolute Gasteiger partial charge is 0 e. The summed E-state index contributed by atoms with van der Waals surface area (Å²) in [4.78, 5) is 9.15. The van der Waals surface area contributed by atoms with Crippen LogP contribution in [0.3, 0.4) is 0 Å². The number of hydrogen-bond acceptors (Lipinski definition) is 3. The summed E-state index contributed by atoms with van der Waals surface area (Å²) >= 11 is -1.72. The Hall–Kier alpha value is -3.83. The molecule has 3 heterocycles. The van der Waals surface area contributed by atoms with Crippen molar-refractivity contribution in [1.29, 1.82) is 0 Å². The molecule has 0 N–H and O–H groups in total. The minimum Gasteiger partial charge on any atom is 0 e. The van der Waals surface area contributed by atoms with Crippen molar-refractivity contribution in [1.82, 2.24) is 9.97 Å². The van der Waals surface area contributed by atoms with E-state index >= 15 is 0 Å². The van der Waals surface area contributed by atoms with Crippen molar-refractivity contribution in [3.63, 3.8) is 0 Å². The SMILES string of the molecule is [2H]C(C)(C)c1ccnc(-c2[c-]cc(-c3c(C)cc(C)cc3C)c3c2oc2ccccc23)c1.[CH3][Ge]([CH3])([CH3])[c]1ccc(-c2[c-]cccc2)nc1.[Ir]. The van der Waals surface area contributed by atoms with E-state index in [4.69, 9.17) is 5.79 Å². The number of nitrogens with zero attached hydrogens (tertiary/aromatic N) is 2. The molecule has 0 aliphatic carbocycles. The van der Waals surface area contributed by atoms with Crippen molar-refractivity contribution in [2.45, 2.75) is 57.8 Å². The maximum absolute atomic E-state index is 8.43. The molecular weight excluding hydrogens is 825 g/mol. The van der Waals surface area contributed by atoms with Gasteiger partial charge in [-0.15, -0.1) is 12.1 Å². The van der Waals surface area contributed by atoms with Crippen LogP contribution >= 0.6 is 0 Å². The van der Waals surface area contributed by atoms with Gasteiger partial charge in [0.05, 0.1) is 5.58 Å². The number of furan rings is 1. The van der Waals surface area contributed by atoms with Crippen molar-refractivity contribution in [2.75, 3.05) is 0 Å². The standard InChI is InChI=1S/C29H26NO.C14H16GeN.Ir/c1-17(2)21-12-13-30-25(16-21)22-10-11-24(27-19(4)14-18(3)15-20(27)5)28-23-8-6-7-9-26(23)31-29(22)28;1-15(2,3)13-9-10-14(16-11-13)12-7-5-4-6-8-12;/h6-9,11-17H,1-5H3;4-7,9-11H,1-3H3;/q2*-1;/i17D;;. The van der Waals surface area contributed by atoms with Crippen LogP contribution in [0.4, 0.5) is 0 Å². The van der Waals surface area contributed by atoms with E-state index in [1.807, 2.05) is 74.6 Å². The fourth-order valence-corrected chi connectivity index (χ4v) is 8.36. The Labute approximate surface area is 303 Å². The Morgan fingerprint density at radius 2 is 1.54 bits per heavy atom. The van der Waals surface area contributed by atoms with Gasteiger partial charge >= 0.3 is 99.8 Å². The molecule has 0 aliphatic rings. The Bertz CT molecular complexity index is 2210. The summed E-state index contributed by atoms with van der Waals surface area (Å²) in [5.74, 6) is 6.43. The largest absolute Gasteiger partial charge is 0 e. The molecule has 0 unspecified atom stereocenters. The number of pyridine rings is 2. The summed E-state index contributed by atoms with van der Waals surface area (Å²) < 4.78 is 16.3. The van der Waals surface area contributed by atoms with Crippen LogP contribution in [0.25, 0.3) is 55.6 Å². The van der Waals surface area contributed by atoms with E-state index in [9.17, 15) is 0 Å². The molecule has 0 fully saturated rings. The molecule has 0 aliphatic heterocycles. The van der Waals surface area contributed by atoms with E-state index in [2.05, 4.69) is 96.5 Å². The second-order valence-corrected chi connectivity index (χ2v) is 24.2. The second-order valence-electron chi connectivity index (χ2n) is 13.5. The summed E-state index contributed by atoms with van der Waals surface area (Å²) in [6.07, 6.45) is 3.81. The molecule has 0 spiro atoms. The van der Waals surface area contributed by atoms with Crippen molar-refractivity contribution in [2.24, 2.45) is 0 Å².